The molecule has 0 radical (unpaired) electrons. The number of amides is 1. The van der Waals surface area contributed by atoms with Gasteiger partial charge in [-0.1, -0.05) is 19.3 Å². The summed E-state index contributed by atoms with van der Waals surface area (Å²) in [4.78, 5) is 26.7. The molecule has 27 heavy (non-hydrogen) atoms. The van der Waals surface area contributed by atoms with Gasteiger partial charge in [-0.05, 0) is 56.8 Å². The molecule has 2 aliphatic rings. The van der Waals surface area contributed by atoms with E-state index in [9.17, 15) is 9.59 Å². The average Bonchev–Trinajstić information content (AvgIpc) is 2.96. The Morgan fingerprint density at radius 2 is 1.89 bits per heavy atom. The number of fused-ring (bicyclic) bond motifs is 1. The van der Waals surface area contributed by atoms with E-state index in [4.69, 9.17) is 4.42 Å². The number of likely N-dealkylation sites (tertiary alicyclic amines) is 1. The number of hydrogen-bond acceptors (Lipinski definition) is 4. The van der Waals surface area contributed by atoms with Crippen LogP contribution in [0.15, 0.2) is 27.4 Å². The maximum Gasteiger partial charge on any atom is 0.419 e. The molecular weight excluding hydrogens is 342 g/mol. The lowest BCUT2D eigenvalue weighted by atomic mass is 9.89. The molecule has 1 amide bonds. The second kappa shape index (κ2) is 7.89. The maximum atomic E-state index is 12.4. The fraction of sp³-hybridized carbons (Fsp3) is 0.619. The Morgan fingerprint density at radius 1 is 1.15 bits per heavy atom. The van der Waals surface area contributed by atoms with Gasteiger partial charge in [-0.15, -0.1) is 0 Å². The molecular formula is C21H29N3O3. The quantitative estimate of drug-likeness (QED) is 0.893. The molecule has 6 nitrogen and oxygen atoms in total. The number of carbonyl (C=O) groups is 1. The second-order valence-corrected chi connectivity index (χ2v) is 8.13. The van der Waals surface area contributed by atoms with Gasteiger partial charge in [-0.3, -0.25) is 9.36 Å². The molecule has 1 saturated heterocycles. The zero-order valence-electron chi connectivity index (χ0n) is 16.1. The van der Waals surface area contributed by atoms with Gasteiger partial charge in [-0.25, -0.2) is 4.79 Å². The van der Waals surface area contributed by atoms with Crippen molar-refractivity contribution in [3.8, 4) is 0 Å². The summed E-state index contributed by atoms with van der Waals surface area (Å²) in [5, 5.41) is 2.96. The van der Waals surface area contributed by atoms with Crippen molar-refractivity contribution < 1.29 is 9.21 Å². The lowest BCUT2D eigenvalue weighted by Gasteiger charge is -2.39. The molecule has 0 spiro atoms. The van der Waals surface area contributed by atoms with Crippen molar-refractivity contribution in [2.24, 2.45) is 13.0 Å². The van der Waals surface area contributed by atoms with Crippen molar-refractivity contribution in [1.29, 1.82) is 0 Å². The van der Waals surface area contributed by atoms with E-state index in [1.807, 2.05) is 6.07 Å². The first kappa shape index (κ1) is 18.3. The molecule has 1 N–H and O–H groups in total. The van der Waals surface area contributed by atoms with E-state index in [1.165, 1.54) is 36.7 Å². The smallest absolute Gasteiger partial charge is 0.408 e. The monoisotopic (exact) mass is 371 g/mol. The minimum absolute atomic E-state index is 0.0451. The van der Waals surface area contributed by atoms with Gasteiger partial charge in [0.2, 0.25) is 5.91 Å². The zero-order chi connectivity index (χ0) is 18.8. The van der Waals surface area contributed by atoms with E-state index < -0.39 is 5.76 Å². The first-order chi connectivity index (χ1) is 13.1. The Morgan fingerprint density at radius 3 is 2.63 bits per heavy atom. The second-order valence-electron chi connectivity index (χ2n) is 8.13. The molecule has 0 unspecified atom stereocenters. The number of carbonyl (C=O) groups excluding carboxylic acids is 1. The predicted octanol–water partition coefficient (Wildman–Crippen LogP) is 3.50. The predicted molar refractivity (Wildman–Crippen MR) is 106 cm³/mol. The number of anilines is 1. The van der Waals surface area contributed by atoms with Crippen molar-refractivity contribution >= 4 is 22.7 Å². The highest BCUT2D eigenvalue weighted by molar-refractivity contribution is 5.92. The summed E-state index contributed by atoms with van der Waals surface area (Å²) < 4.78 is 6.65. The number of aromatic nitrogens is 1. The summed E-state index contributed by atoms with van der Waals surface area (Å²) in [7, 11) is 1.67. The third-order valence-electron chi connectivity index (χ3n) is 6.29. The lowest BCUT2D eigenvalue weighted by Crippen LogP contribution is -2.42. The van der Waals surface area contributed by atoms with E-state index in [0.29, 0.717) is 23.6 Å². The van der Waals surface area contributed by atoms with Crippen molar-refractivity contribution in [3.05, 3.63) is 28.7 Å². The average molecular weight is 371 g/mol. The summed E-state index contributed by atoms with van der Waals surface area (Å²) in [6.45, 7) is 2.26. The van der Waals surface area contributed by atoms with Crippen LogP contribution in [0.25, 0.3) is 11.1 Å². The van der Waals surface area contributed by atoms with Crippen LogP contribution in [0.4, 0.5) is 5.69 Å². The van der Waals surface area contributed by atoms with Crippen molar-refractivity contribution in [2.75, 3.05) is 18.4 Å². The largest absolute Gasteiger partial charge is 0.419 e. The molecule has 2 fully saturated rings. The third kappa shape index (κ3) is 4.10. The van der Waals surface area contributed by atoms with Crippen LogP contribution in [-0.2, 0) is 11.8 Å². The minimum atomic E-state index is -0.391. The van der Waals surface area contributed by atoms with Gasteiger partial charge in [0.1, 0.15) is 0 Å². The van der Waals surface area contributed by atoms with E-state index in [-0.39, 0.29) is 5.91 Å². The third-order valence-corrected chi connectivity index (χ3v) is 6.29. The van der Waals surface area contributed by atoms with Crippen LogP contribution >= 0.6 is 0 Å². The van der Waals surface area contributed by atoms with E-state index in [0.717, 1.165) is 37.5 Å². The van der Waals surface area contributed by atoms with Crippen LogP contribution in [0.1, 0.15) is 51.4 Å². The van der Waals surface area contributed by atoms with Crippen LogP contribution in [-0.4, -0.2) is 34.5 Å². The lowest BCUT2D eigenvalue weighted by molar-refractivity contribution is -0.117. The summed E-state index contributed by atoms with van der Waals surface area (Å²) in [6.07, 6.45) is 9.62. The van der Waals surface area contributed by atoms with Gasteiger partial charge in [-0.2, -0.15) is 0 Å². The minimum Gasteiger partial charge on any atom is -0.408 e. The Kier molecular flexibility index (Phi) is 5.34. The highest BCUT2D eigenvalue weighted by atomic mass is 16.4. The molecule has 1 saturated carbocycles. The van der Waals surface area contributed by atoms with Crippen LogP contribution in [0.3, 0.4) is 0 Å². The van der Waals surface area contributed by atoms with Crippen molar-refractivity contribution in [1.82, 2.24) is 9.47 Å². The first-order valence-corrected chi connectivity index (χ1v) is 10.2. The van der Waals surface area contributed by atoms with E-state index >= 15 is 0 Å². The Hall–Kier alpha value is -2.08. The van der Waals surface area contributed by atoms with Gasteiger partial charge in [0.15, 0.2) is 5.58 Å². The molecule has 4 rings (SSSR count). The van der Waals surface area contributed by atoms with Crippen LogP contribution in [0.5, 0.6) is 0 Å². The molecule has 0 atom stereocenters. The van der Waals surface area contributed by atoms with E-state index in [2.05, 4.69) is 10.2 Å². The molecule has 6 heteroatoms. The molecule has 1 aromatic heterocycles. The van der Waals surface area contributed by atoms with Gasteiger partial charge in [0.25, 0.3) is 0 Å². The standard InChI is InChI=1S/C21H29N3O3/c1-23-18-8-7-16(14-19(18)27-21(23)26)22-20(25)13-15-9-11-24(12-10-15)17-5-3-2-4-6-17/h7-8,14-15,17H,2-6,9-13H2,1H3,(H,22,25). The van der Waals surface area contributed by atoms with Crippen LogP contribution in [0, 0.1) is 5.92 Å². The molecule has 0 bridgehead atoms. The summed E-state index contributed by atoms with van der Waals surface area (Å²) in [5.41, 5.74) is 1.91. The van der Waals surface area contributed by atoms with E-state index in [1.54, 1.807) is 19.2 Å². The number of benzene rings is 1. The molecule has 2 aromatic rings. The van der Waals surface area contributed by atoms with Crippen molar-refractivity contribution in [2.45, 2.75) is 57.4 Å². The highest BCUT2D eigenvalue weighted by Gasteiger charge is 2.27. The summed E-state index contributed by atoms with van der Waals surface area (Å²) in [6, 6.07) is 6.13. The number of aryl methyl sites for hydroxylation is 1. The highest BCUT2D eigenvalue weighted by Crippen LogP contribution is 2.28. The number of nitrogens with one attached hydrogen (secondary N) is 1. The Labute approximate surface area is 159 Å². The van der Waals surface area contributed by atoms with Gasteiger partial charge in [0, 0.05) is 31.3 Å². The number of piperidine rings is 1. The normalized spacial score (nSPS) is 20.2. The SMILES string of the molecule is Cn1c(=O)oc2cc(NC(=O)CC3CCN(C4CCCCC4)CC3)ccc21. The molecule has 2 heterocycles. The van der Waals surface area contributed by atoms with Crippen LogP contribution < -0.4 is 11.1 Å². The van der Waals surface area contributed by atoms with Gasteiger partial charge in [0.05, 0.1) is 5.52 Å². The maximum absolute atomic E-state index is 12.4. The Bertz CT molecular complexity index is 855. The Balaban J connectivity index is 1.29. The number of hydrogen-bond donors (Lipinski definition) is 1. The number of nitrogens with zero attached hydrogens (tertiary/aromatic N) is 2. The zero-order valence-corrected chi connectivity index (χ0v) is 16.1. The topological polar surface area (TPSA) is 67.5 Å². The van der Waals surface area contributed by atoms with Gasteiger partial charge < -0.3 is 14.6 Å². The number of rotatable bonds is 4. The molecule has 146 valence electrons. The summed E-state index contributed by atoms with van der Waals surface area (Å²) in [5.74, 6) is 0.116. The fourth-order valence-corrected chi connectivity index (χ4v) is 4.65. The first-order valence-electron chi connectivity index (χ1n) is 10.2. The van der Waals surface area contributed by atoms with Crippen molar-refractivity contribution in [3.63, 3.8) is 0 Å². The fourth-order valence-electron chi connectivity index (χ4n) is 4.65. The molecule has 1 aliphatic heterocycles. The molecule has 1 aromatic carbocycles. The van der Waals surface area contributed by atoms with Crippen LogP contribution in [0.2, 0.25) is 0 Å². The number of oxazole rings is 1. The van der Waals surface area contributed by atoms with Gasteiger partial charge >= 0.3 is 5.76 Å². The molecule has 1 aliphatic carbocycles. The summed E-state index contributed by atoms with van der Waals surface area (Å²) >= 11 is 0.